The second-order valence-corrected chi connectivity index (χ2v) is 8.35. The van der Waals surface area contributed by atoms with Crippen molar-refractivity contribution in [2.45, 2.75) is 32.2 Å². The van der Waals surface area contributed by atoms with Gasteiger partial charge in [0, 0.05) is 37.7 Å². The summed E-state index contributed by atoms with van der Waals surface area (Å²) in [4.78, 5) is 34.4. The molecule has 6 nitrogen and oxygen atoms in total. The number of hydrogen-bond acceptors (Lipinski definition) is 3. The van der Waals surface area contributed by atoms with Gasteiger partial charge < -0.3 is 14.4 Å². The van der Waals surface area contributed by atoms with Crippen molar-refractivity contribution in [3.8, 4) is 0 Å². The molecule has 1 aliphatic heterocycles. The van der Waals surface area contributed by atoms with Gasteiger partial charge in [0.25, 0.3) is 0 Å². The Labute approximate surface area is 194 Å². The fourth-order valence-corrected chi connectivity index (χ4v) is 4.44. The summed E-state index contributed by atoms with van der Waals surface area (Å²) in [7, 11) is 0. The third-order valence-corrected chi connectivity index (χ3v) is 6.18. The molecule has 0 spiro atoms. The summed E-state index contributed by atoms with van der Waals surface area (Å²) in [6.07, 6.45) is 4.76. The lowest BCUT2D eigenvalue weighted by Crippen LogP contribution is -2.34. The van der Waals surface area contributed by atoms with Gasteiger partial charge >= 0.3 is 0 Å². The van der Waals surface area contributed by atoms with Crippen LogP contribution in [0.2, 0.25) is 0 Å². The third-order valence-electron chi connectivity index (χ3n) is 6.18. The smallest absolute Gasteiger partial charge is 0.243 e. The van der Waals surface area contributed by atoms with Crippen LogP contribution in [0.25, 0.3) is 11.0 Å². The van der Waals surface area contributed by atoms with Crippen LogP contribution >= 0.6 is 0 Å². The number of fused-ring (bicyclic) bond motifs is 1. The largest absolute Gasteiger partial charge is 0.334 e. The van der Waals surface area contributed by atoms with Gasteiger partial charge in [0.05, 0.1) is 11.0 Å². The lowest BCUT2D eigenvalue weighted by Gasteiger charge is -2.21. The van der Waals surface area contributed by atoms with Crippen LogP contribution in [-0.2, 0) is 22.6 Å². The maximum absolute atomic E-state index is 13.1. The summed E-state index contributed by atoms with van der Waals surface area (Å²) in [5.74, 6) is 0.739. The number of para-hydroxylation sites is 2. The van der Waals surface area contributed by atoms with E-state index < -0.39 is 0 Å². The zero-order valence-corrected chi connectivity index (χ0v) is 19.1. The van der Waals surface area contributed by atoms with Crippen molar-refractivity contribution in [2.75, 3.05) is 24.5 Å². The number of benzene rings is 2. The molecule has 1 fully saturated rings. The zero-order chi connectivity index (χ0) is 23.4. The van der Waals surface area contributed by atoms with E-state index in [9.17, 15) is 9.59 Å². The summed E-state index contributed by atoms with van der Waals surface area (Å²) in [5.41, 5.74) is 3.88. The van der Waals surface area contributed by atoms with Gasteiger partial charge in [-0.1, -0.05) is 43.3 Å². The Hall–Kier alpha value is -3.67. The van der Waals surface area contributed by atoms with Gasteiger partial charge in [-0.3, -0.25) is 9.59 Å². The summed E-state index contributed by atoms with van der Waals surface area (Å²) >= 11 is 0. The molecule has 3 aromatic rings. The van der Waals surface area contributed by atoms with E-state index in [0.717, 1.165) is 29.0 Å². The molecule has 2 aromatic carbocycles. The molecular weight excluding hydrogens is 412 g/mol. The molecule has 1 atom stereocenters. The highest BCUT2D eigenvalue weighted by Crippen LogP contribution is 2.33. The SMILES string of the molecule is C=CCN(CC=C)C(=O)Cn1c(C2CC(=O)N(c3ccc(CC)cc3)C2)nc2ccccc21. The Morgan fingerprint density at radius 2 is 1.82 bits per heavy atom. The van der Waals surface area contributed by atoms with Gasteiger partial charge in [-0.2, -0.15) is 0 Å². The average molecular weight is 443 g/mol. The lowest BCUT2D eigenvalue weighted by atomic mass is 10.1. The number of anilines is 1. The predicted molar refractivity (Wildman–Crippen MR) is 132 cm³/mol. The minimum atomic E-state index is -0.0872. The van der Waals surface area contributed by atoms with E-state index in [1.165, 1.54) is 5.56 Å². The Morgan fingerprint density at radius 3 is 2.48 bits per heavy atom. The van der Waals surface area contributed by atoms with Gasteiger partial charge in [0.2, 0.25) is 11.8 Å². The molecule has 0 N–H and O–H groups in total. The van der Waals surface area contributed by atoms with E-state index in [4.69, 9.17) is 4.98 Å². The van der Waals surface area contributed by atoms with Crippen LogP contribution < -0.4 is 4.90 Å². The number of aryl methyl sites for hydroxylation is 1. The highest BCUT2D eigenvalue weighted by Gasteiger charge is 2.35. The van der Waals surface area contributed by atoms with Gasteiger partial charge in [0.1, 0.15) is 12.4 Å². The Morgan fingerprint density at radius 1 is 1.12 bits per heavy atom. The Kier molecular flexibility index (Phi) is 6.73. The van der Waals surface area contributed by atoms with Crippen molar-refractivity contribution in [3.05, 3.63) is 85.2 Å². The van der Waals surface area contributed by atoms with E-state index in [1.807, 2.05) is 45.9 Å². The first-order valence-corrected chi connectivity index (χ1v) is 11.4. The standard InChI is InChI=1S/C27H30N4O2/c1-4-15-29(16-5-2)26(33)19-31-24-10-8-7-9-23(24)28-27(31)21-17-25(32)30(18-21)22-13-11-20(6-3)12-14-22/h4-5,7-14,21H,1-2,6,15-19H2,3H3. The Bertz CT molecular complexity index is 1170. The van der Waals surface area contributed by atoms with Crippen molar-refractivity contribution in [3.63, 3.8) is 0 Å². The van der Waals surface area contributed by atoms with Crippen LogP contribution in [0.4, 0.5) is 5.69 Å². The molecular formula is C27H30N4O2. The molecule has 0 radical (unpaired) electrons. The minimum absolute atomic E-state index is 0.0319. The van der Waals surface area contributed by atoms with E-state index in [2.05, 4.69) is 32.2 Å². The first-order valence-electron chi connectivity index (χ1n) is 11.4. The van der Waals surface area contributed by atoms with Gasteiger partial charge in [-0.15, -0.1) is 13.2 Å². The zero-order valence-electron chi connectivity index (χ0n) is 19.1. The third kappa shape index (κ3) is 4.60. The van der Waals surface area contributed by atoms with Crippen LogP contribution in [0.15, 0.2) is 73.8 Å². The van der Waals surface area contributed by atoms with Gasteiger partial charge in [-0.25, -0.2) is 4.98 Å². The molecule has 6 heteroatoms. The second-order valence-electron chi connectivity index (χ2n) is 8.35. The Balaban J connectivity index is 1.65. The van der Waals surface area contributed by atoms with Gasteiger partial charge in [0.15, 0.2) is 0 Å². The first-order chi connectivity index (χ1) is 16.0. The van der Waals surface area contributed by atoms with Crippen LogP contribution in [-0.4, -0.2) is 45.9 Å². The molecule has 4 rings (SSSR count). The number of carbonyl (C=O) groups is 2. The number of hydrogen-bond donors (Lipinski definition) is 0. The highest BCUT2D eigenvalue weighted by molar-refractivity contribution is 5.96. The maximum atomic E-state index is 13.1. The molecule has 0 aliphatic carbocycles. The molecule has 1 saturated heterocycles. The van der Waals surface area contributed by atoms with E-state index in [1.54, 1.807) is 17.1 Å². The van der Waals surface area contributed by atoms with Crippen LogP contribution in [0.3, 0.4) is 0 Å². The summed E-state index contributed by atoms with van der Waals surface area (Å²) < 4.78 is 1.97. The van der Waals surface area contributed by atoms with Crippen molar-refractivity contribution >= 4 is 28.5 Å². The molecule has 1 unspecified atom stereocenters. The average Bonchev–Trinajstić information content (AvgIpc) is 3.39. The van der Waals surface area contributed by atoms with Crippen molar-refractivity contribution in [2.24, 2.45) is 0 Å². The lowest BCUT2D eigenvalue weighted by molar-refractivity contribution is -0.130. The van der Waals surface area contributed by atoms with E-state index >= 15 is 0 Å². The number of nitrogens with zero attached hydrogens (tertiary/aromatic N) is 4. The summed E-state index contributed by atoms with van der Waals surface area (Å²) in [6, 6.07) is 16.0. The monoisotopic (exact) mass is 442 g/mol. The number of rotatable bonds is 9. The first kappa shape index (κ1) is 22.5. The predicted octanol–water partition coefficient (Wildman–Crippen LogP) is 4.32. The van der Waals surface area contributed by atoms with Gasteiger partial charge in [-0.05, 0) is 36.2 Å². The quantitative estimate of drug-likeness (QED) is 0.464. The number of imidazole rings is 1. The van der Waals surface area contributed by atoms with E-state index in [0.29, 0.717) is 26.1 Å². The summed E-state index contributed by atoms with van der Waals surface area (Å²) in [6.45, 7) is 11.2. The minimum Gasteiger partial charge on any atom is -0.334 e. The van der Waals surface area contributed by atoms with Crippen molar-refractivity contribution in [1.29, 1.82) is 0 Å². The molecule has 0 saturated carbocycles. The topological polar surface area (TPSA) is 58.4 Å². The molecule has 2 amide bonds. The molecule has 1 aromatic heterocycles. The highest BCUT2D eigenvalue weighted by atomic mass is 16.2. The maximum Gasteiger partial charge on any atom is 0.243 e. The molecule has 2 heterocycles. The summed E-state index contributed by atoms with van der Waals surface area (Å²) in [5, 5.41) is 0. The molecule has 170 valence electrons. The van der Waals surface area contributed by atoms with Crippen LogP contribution in [0.1, 0.15) is 30.7 Å². The number of aromatic nitrogens is 2. The number of carbonyl (C=O) groups excluding carboxylic acids is 2. The van der Waals surface area contributed by atoms with Crippen LogP contribution in [0.5, 0.6) is 0 Å². The normalized spacial score (nSPS) is 15.7. The van der Waals surface area contributed by atoms with Crippen molar-refractivity contribution < 1.29 is 9.59 Å². The fraction of sp³-hybridized carbons (Fsp3) is 0.296. The molecule has 1 aliphatic rings. The van der Waals surface area contributed by atoms with E-state index in [-0.39, 0.29) is 24.3 Å². The fourth-order valence-electron chi connectivity index (χ4n) is 4.44. The van der Waals surface area contributed by atoms with Crippen LogP contribution in [0, 0.1) is 0 Å². The second kappa shape index (κ2) is 9.86. The molecule has 33 heavy (non-hydrogen) atoms. The number of amides is 2. The molecule has 0 bridgehead atoms. The van der Waals surface area contributed by atoms with Crippen molar-refractivity contribution in [1.82, 2.24) is 14.5 Å².